The number of aliphatic imine (C=N–C) groups is 1. The lowest BCUT2D eigenvalue weighted by atomic mass is 10.2. The molecular formula is C17H28N6S. The molecule has 1 aromatic heterocycles. The number of hydrogen-bond acceptors (Lipinski definition) is 5. The molecule has 0 saturated carbocycles. The highest BCUT2D eigenvalue weighted by atomic mass is 32.1. The third kappa shape index (κ3) is 4.26. The van der Waals surface area contributed by atoms with Gasteiger partial charge in [-0.05, 0) is 25.7 Å². The van der Waals surface area contributed by atoms with E-state index < -0.39 is 0 Å². The first-order chi connectivity index (χ1) is 11.8. The van der Waals surface area contributed by atoms with Gasteiger partial charge in [0.05, 0.1) is 0 Å². The van der Waals surface area contributed by atoms with Crippen molar-refractivity contribution in [1.29, 1.82) is 0 Å². The summed E-state index contributed by atoms with van der Waals surface area (Å²) in [5.74, 6) is 1.98. The molecule has 6 nitrogen and oxygen atoms in total. The van der Waals surface area contributed by atoms with Gasteiger partial charge in [-0.25, -0.2) is 4.98 Å². The minimum absolute atomic E-state index is 0.906. The Labute approximate surface area is 148 Å². The Morgan fingerprint density at radius 3 is 2.79 bits per heavy atom. The van der Waals surface area contributed by atoms with Crippen LogP contribution in [0, 0.1) is 0 Å². The van der Waals surface area contributed by atoms with Crippen LogP contribution in [0.3, 0.4) is 0 Å². The maximum absolute atomic E-state index is 4.60. The first-order valence-corrected chi connectivity index (χ1v) is 9.78. The third-order valence-corrected chi connectivity index (χ3v) is 5.51. The van der Waals surface area contributed by atoms with Crippen LogP contribution in [0.2, 0.25) is 0 Å². The second kappa shape index (κ2) is 8.46. The molecule has 1 aromatic rings. The quantitative estimate of drug-likeness (QED) is 0.503. The molecule has 1 N–H and O–H groups in total. The van der Waals surface area contributed by atoms with Crippen molar-refractivity contribution in [3.63, 3.8) is 0 Å². The molecule has 2 heterocycles. The molecule has 1 aliphatic heterocycles. The van der Waals surface area contributed by atoms with E-state index >= 15 is 0 Å². The van der Waals surface area contributed by atoms with Gasteiger partial charge in [-0.2, -0.15) is 4.37 Å². The lowest BCUT2D eigenvalue weighted by Gasteiger charge is -2.36. The topological polar surface area (TPSA) is 56.7 Å². The van der Waals surface area contributed by atoms with Crippen molar-refractivity contribution in [3.05, 3.63) is 17.5 Å². The maximum Gasteiger partial charge on any atom is 0.205 e. The second-order valence-electron chi connectivity index (χ2n) is 6.30. The standard InChI is InChI=1S/C17H28N6S/c1-3-15-20-17(24-21-15)23-12-10-22(11-13-23)16(18-2)19-9-8-14-6-4-5-7-14/h6H,3-5,7-13H2,1-2H3,(H,18,19). The number of piperazine rings is 1. The third-order valence-electron chi connectivity index (χ3n) is 4.70. The smallest absolute Gasteiger partial charge is 0.205 e. The fourth-order valence-corrected chi connectivity index (χ4v) is 4.06. The number of anilines is 1. The molecule has 24 heavy (non-hydrogen) atoms. The number of rotatable bonds is 5. The SMILES string of the molecule is CCc1nsc(N2CCN(C(=NC)NCCC3=CCCC3)CC2)n1. The van der Waals surface area contributed by atoms with Crippen LogP contribution in [0.25, 0.3) is 0 Å². The largest absolute Gasteiger partial charge is 0.356 e. The Balaban J connectivity index is 1.45. The number of hydrogen-bond donors (Lipinski definition) is 1. The Kier molecular flexibility index (Phi) is 6.07. The highest BCUT2D eigenvalue weighted by Gasteiger charge is 2.21. The molecular weight excluding hydrogens is 320 g/mol. The van der Waals surface area contributed by atoms with Gasteiger partial charge >= 0.3 is 0 Å². The number of aromatic nitrogens is 2. The van der Waals surface area contributed by atoms with E-state index in [2.05, 4.69) is 42.5 Å². The summed E-state index contributed by atoms with van der Waals surface area (Å²) in [4.78, 5) is 13.7. The predicted molar refractivity (Wildman–Crippen MR) is 101 cm³/mol. The minimum Gasteiger partial charge on any atom is -0.356 e. The number of nitrogens with one attached hydrogen (secondary N) is 1. The molecule has 0 aromatic carbocycles. The van der Waals surface area contributed by atoms with Crippen LogP contribution >= 0.6 is 11.5 Å². The van der Waals surface area contributed by atoms with Crippen molar-refractivity contribution >= 4 is 22.6 Å². The molecule has 0 radical (unpaired) electrons. The van der Waals surface area contributed by atoms with E-state index in [1.54, 1.807) is 5.57 Å². The normalized spacial score (nSPS) is 18.9. The van der Waals surface area contributed by atoms with Crippen LogP contribution in [0.5, 0.6) is 0 Å². The average molecular weight is 349 g/mol. The van der Waals surface area contributed by atoms with Crippen LogP contribution in [-0.4, -0.2) is 60.0 Å². The van der Waals surface area contributed by atoms with Gasteiger partial charge in [0.15, 0.2) is 5.96 Å². The summed E-state index contributed by atoms with van der Waals surface area (Å²) in [5.41, 5.74) is 1.60. The van der Waals surface area contributed by atoms with E-state index in [0.29, 0.717) is 0 Å². The molecule has 1 fully saturated rings. The van der Waals surface area contributed by atoms with Crippen LogP contribution in [-0.2, 0) is 6.42 Å². The highest BCUT2D eigenvalue weighted by Crippen LogP contribution is 2.20. The van der Waals surface area contributed by atoms with E-state index in [1.807, 2.05) is 7.05 Å². The lowest BCUT2D eigenvalue weighted by molar-refractivity contribution is 0.372. The Bertz CT molecular complexity index is 586. The molecule has 0 bridgehead atoms. The van der Waals surface area contributed by atoms with Crippen LogP contribution in [0.1, 0.15) is 38.4 Å². The van der Waals surface area contributed by atoms with Crippen molar-refractivity contribution in [1.82, 2.24) is 19.6 Å². The van der Waals surface area contributed by atoms with Gasteiger partial charge in [-0.3, -0.25) is 4.99 Å². The molecule has 7 heteroatoms. The Morgan fingerprint density at radius 1 is 1.33 bits per heavy atom. The fourth-order valence-electron chi connectivity index (χ4n) is 3.26. The summed E-state index contributed by atoms with van der Waals surface area (Å²) < 4.78 is 4.39. The van der Waals surface area contributed by atoms with E-state index in [9.17, 15) is 0 Å². The molecule has 1 saturated heterocycles. The van der Waals surface area contributed by atoms with Crippen molar-refractivity contribution in [3.8, 4) is 0 Å². The van der Waals surface area contributed by atoms with Gasteiger partial charge in [-0.15, -0.1) is 0 Å². The molecule has 0 unspecified atom stereocenters. The van der Waals surface area contributed by atoms with E-state index in [1.165, 1.54) is 30.8 Å². The number of allylic oxidation sites excluding steroid dienone is 1. The predicted octanol–water partition coefficient (Wildman–Crippen LogP) is 2.30. The van der Waals surface area contributed by atoms with Crippen LogP contribution < -0.4 is 10.2 Å². The molecule has 2 aliphatic rings. The van der Waals surface area contributed by atoms with Gasteiger partial charge in [0.1, 0.15) is 5.82 Å². The van der Waals surface area contributed by atoms with E-state index in [4.69, 9.17) is 0 Å². The molecule has 3 rings (SSSR count). The van der Waals surface area contributed by atoms with Crippen molar-refractivity contribution in [2.45, 2.75) is 39.0 Å². The summed E-state index contributed by atoms with van der Waals surface area (Å²) in [5, 5.41) is 4.58. The number of nitrogens with zero attached hydrogens (tertiary/aromatic N) is 5. The number of guanidine groups is 1. The van der Waals surface area contributed by atoms with E-state index in [-0.39, 0.29) is 0 Å². The van der Waals surface area contributed by atoms with Crippen molar-refractivity contribution in [2.24, 2.45) is 4.99 Å². The monoisotopic (exact) mass is 348 g/mol. The minimum atomic E-state index is 0.906. The highest BCUT2D eigenvalue weighted by molar-refractivity contribution is 7.09. The van der Waals surface area contributed by atoms with Gasteiger partial charge < -0.3 is 15.1 Å². The van der Waals surface area contributed by atoms with Gasteiger partial charge in [0.2, 0.25) is 5.13 Å². The summed E-state index contributed by atoms with van der Waals surface area (Å²) in [6.45, 7) is 6.98. The van der Waals surface area contributed by atoms with E-state index in [0.717, 1.165) is 62.5 Å². The molecule has 132 valence electrons. The van der Waals surface area contributed by atoms with Gasteiger partial charge in [0, 0.05) is 57.7 Å². The van der Waals surface area contributed by atoms with Gasteiger partial charge in [-0.1, -0.05) is 18.6 Å². The van der Waals surface area contributed by atoms with Crippen LogP contribution in [0.15, 0.2) is 16.6 Å². The summed E-state index contributed by atoms with van der Waals surface area (Å²) in [7, 11) is 1.88. The van der Waals surface area contributed by atoms with Crippen molar-refractivity contribution < 1.29 is 0 Å². The molecule has 0 spiro atoms. The molecule has 0 amide bonds. The van der Waals surface area contributed by atoms with Crippen molar-refractivity contribution in [2.75, 3.05) is 44.7 Å². The fraction of sp³-hybridized carbons (Fsp3) is 0.706. The molecule has 0 atom stereocenters. The maximum atomic E-state index is 4.60. The second-order valence-corrected chi connectivity index (χ2v) is 7.03. The zero-order valence-electron chi connectivity index (χ0n) is 14.8. The average Bonchev–Trinajstić information content (AvgIpc) is 3.30. The molecule has 1 aliphatic carbocycles. The number of aryl methyl sites for hydroxylation is 1. The summed E-state index contributed by atoms with van der Waals surface area (Å²) in [6, 6.07) is 0. The Morgan fingerprint density at radius 2 is 2.17 bits per heavy atom. The zero-order chi connectivity index (χ0) is 16.8. The first kappa shape index (κ1) is 17.2. The summed E-state index contributed by atoms with van der Waals surface area (Å²) in [6.07, 6.45) is 8.32. The lowest BCUT2D eigenvalue weighted by Crippen LogP contribution is -2.52. The van der Waals surface area contributed by atoms with Gasteiger partial charge in [0.25, 0.3) is 0 Å². The summed E-state index contributed by atoms with van der Waals surface area (Å²) >= 11 is 1.52. The first-order valence-electron chi connectivity index (χ1n) is 9.01. The zero-order valence-corrected chi connectivity index (χ0v) is 15.6. The Hall–Kier alpha value is -1.63. The van der Waals surface area contributed by atoms with Crippen LogP contribution in [0.4, 0.5) is 5.13 Å².